The lowest BCUT2D eigenvalue weighted by Gasteiger charge is -2.34. The molecule has 2 rings (SSSR count). The number of hydrogen-bond donors (Lipinski definition) is 1. The number of rotatable bonds is 13. The second kappa shape index (κ2) is 14.4. The summed E-state index contributed by atoms with van der Waals surface area (Å²) in [6, 6.07) is 12.4. The van der Waals surface area contributed by atoms with Crippen LogP contribution in [0.2, 0.25) is 13.1 Å². The van der Waals surface area contributed by atoms with Gasteiger partial charge in [0.1, 0.15) is 11.5 Å². The third-order valence-electron chi connectivity index (χ3n) is 7.04. The van der Waals surface area contributed by atoms with Gasteiger partial charge >= 0.3 is 0 Å². The molecule has 0 heterocycles. The molecule has 0 saturated heterocycles. The number of benzene rings is 2. The molecule has 1 amide bonds. The van der Waals surface area contributed by atoms with Crippen molar-refractivity contribution in [3.63, 3.8) is 0 Å². The lowest BCUT2D eigenvalue weighted by atomic mass is 9.81. The molecule has 0 aliphatic rings. The highest BCUT2D eigenvalue weighted by Crippen LogP contribution is 2.41. The lowest BCUT2D eigenvalue weighted by Crippen LogP contribution is -2.27. The summed E-state index contributed by atoms with van der Waals surface area (Å²) in [4.78, 5) is 13.7. The Labute approximate surface area is 239 Å². The van der Waals surface area contributed by atoms with Gasteiger partial charge in [0.25, 0.3) is 0 Å². The Morgan fingerprint density at radius 2 is 1.64 bits per heavy atom. The van der Waals surface area contributed by atoms with Gasteiger partial charge in [0.05, 0.1) is 20.3 Å². The Bertz CT molecular complexity index is 1070. The van der Waals surface area contributed by atoms with Crippen molar-refractivity contribution in [2.24, 2.45) is 5.41 Å². The fraction of sp³-hybridized carbons (Fsp3) is 0.606. The van der Waals surface area contributed by atoms with Crippen molar-refractivity contribution in [1.29, 1.82) is 0 Å². The predicted octanol–water partition coefficient (Wildman–Crippen LogP) is 9.05. The van der Waals surface area contributed by atoms with Gasteiger partial charge in [-0.15, -0.1) is 0 Å². The van der Waals surface area contributed by atoms with Crippen LogP contribution in [0.1, 0.15) is 109 Å². The van der Waals surface area contributed by atoms with Crippen LogP contribution in [-0.4, -0.2) is 29.2 Å². The van der Waals surface area contributed by atoms with Gasteiger partial charge in [0.15, 0.2) is 0 Å². The summed E-state index contributed by atoms with van der Waals surface area (Å²) in [5.41, 5.74) is 3.96. The van der Waals surface area contributed by atoms with E-state index in [0.717, 1.165) is 59.6 Å². The topological polar surface area (TPSA) is 56.8 Å². The van der Waals surface area contributed by atoms with E-state index in [4.69, 9.17) is 13.9 Å². The molecule has 0 aromatic heterocycles. The molecule has 1 N–H and O–H groups in total. The van der Waals surface area contributed by atoms with Gasteiger partial charge in [-0.1, -0.05) is 85.9 Å². The summed E-state index contributed by atoms with van der Waals surface area (Å²) in [7, 11) is 2.42. The van der Waals surface area contributed by atoms with E-state index in [1.807, 2.05) is 18.2 Å². The summed E-state index contributed by atoms with van der Waals surface area (Å²) >= 11 is 0. The fourth-order valence-electron chi connectivity index (χ4n) is 5.05. The number of amides is 1. The minimum atomic E-state index is -0.913. The molecule has 0 aliphatic heterocycles. The number of anilines is 1. The average Bonchev–Trinajstić information content (AvgIpc) is 2.84. The standard InChI is InChI=1S/C33H52NO4Si/c1-12-13-14-15-23(26-18-17-25(36-8)22-29(26)37-9)21-30(35)34-28-20-24(16-19-27(28)32(2,3)4)31(33(5,6)7)38-39(10)11/h16-20,22-23,31H,12-15,21H2,1-11H3,(H,34,35). The molecule has 0 spiro atoms. The summed E-state index contributed by atoms with van der Waals surface area (Å²) in [5, 5.41) is 3.32. The number of hydrogen-bond acceptors (Lipinski definition) is 4. The zero-order chi connectivity index (χ0) is 29.4. The largest absolute Gasteiger partial charge is 0.497 e. The number of methoxy groups -OCH3 is 2. The molecule has 2 atom stereocenters. The normalized spacial score (nSPS) is 13.7. The van der Waals surface area contributed by atoms with Crippen molar-refractivity contribution in [3.05, 3.63) is 53.1 Å². The minimum Gasteiger partial charge on any atom is -0.497 e. The monoisotopic (exact) mass is 554 g/mol. The zero-order valence-electron chi connectivity index (χ0n) is 26.3. The van der Waals surface area contributed by atoms with Gasteiger partial charge in [-0.05, 0) is 65.1 Å². The predicted molar refractivity (Wildman–Crippen MR) is 166 cm³/mol. The first-order chi connectivity index (χ1) is 18.2. The van der Waals surface area contributed by atoms with Crippen LogP contribution < -0.4 is 14.8 Å². The molecule has 217 valence electrons. The number of ether oxygens (including phenoxy) is 2. The van der Waals surface area contributed by atoms with Crippen molar-refractivity contribution in [2.45, 2.75) is 111 Å². The molecular formula is C33H52NO4Si. The molecule has 2 aromatic rings. The van der Waals surface area contributed by atoms with Gasteiger partial charge in [0, 0.05) is 18.2 Å². The van der Waals surface area contributed by atoms with Gasteiger partial charge in [-0.2, -0.15) is 0 Å². The number of unbranched alkanes of at least 4 members (excludes halogenated alkanes) is 2. The first kappa shape index (κ1) is 32.9. The van der Waals surface area contributed by atoms with E-state index in [2.05, 4.69) is 85.1 Å². The Morgan fingerprint density at radius 1 is 0.949 bits per heavy atom. The Hall–Kier alpha value is -2.31. The number of carbonyl (C=O) groups is 1. The van der Waals surface area contributed by atoms with E-state index in [1.54, 1.807) is 14.2 Å². The van der Waals surface area contributed by atoms with E-state index >= 15 is 0 Å². The Morgan fingerprint density at radius 3 is 2.18 bits per heavy atom. The van der Waals surface area contributed by atoms with E-state index in [-0.39, 0.29) is 28.8 Å². The van der Waals surface area contributed by atoms with Crippen LogP contribution in [0.5, 0.6) is 11.5 Å². The summed E-state index contributed by atoms with van der Waals surface area (Å²) < 4.78 is 17.6. The quantitative estimate of drug-likeness (QED) is 0.198. The van der Waals surface area contributed by atoms with Crippen LogP contribution in [0.15, 0.2) is 36.4 Å². The van der Waals surface area contributed by atoms with Crippen molar-refractivity contribution in [2.75, 3.05) is 19.5 Å². The molecule has 2 aromatic carbocycles. The second-order valence-corrected chi connectivity index (χ2v) is 14.9. The summed E-state index contributed by atoms with van der Waals surface area (Å²) in [6.45, 7) is 19.7. The van der Waals surface area contributed by atoms with Crippen LogP contribution in [0.3, 0.4) is 0 Å². The molecule has 0 saturated carbocycles. The van der Waals surface area contributed by atoms with Crippen LogP contribution in [0.4, 0.5) is 5.69 Å². The lowest BCUT2D eigenvalue weighted by molar-refractivity contribution is -0.116. The molecule has 6 heteroatoms. The van der Waals surface area contributed by atoms with E-state index < -0.39 is 9.04 Å². The van der Waals surface area contributed by atoms with Gasteiger partial charge in [0.2, 0.25) is 14.9 Å². The number of nitrogens with one attached hydrogen (secondary N) is 1. The maximum Gasteiger partial charge on any atom is 0.224 e. The van der Waals surface area contributed by atoms with E-state index in [0.29, 0.717) is 6.42 Å². The molecule has 1 radical (unpaired) electrons. The average molecular weight is 555 g/mol. The van der Waals surface area contributed by atoms with E-state index in [1.165, 1.54) is 0 Å². The highest BCUT2D eigenvalue weighted by atomic mass is 28.3. The zero-order valence-corrected chi connectivity index (χ0v) is 27.3. The molecule has 39 heavy (non-hydrogen) atoms. The van der Waals surface area contributed by atoms with E-state index in [9.17, 15) is 4.79 Å². The van der Waals surface area contributed by atoms with Crippen molar-refractivity contribution >= 4 is 20.6 Å². The van der Waals surface area contributed by atoms with Crippen molar-refractivity contribution in [1.82, 2.24) is 0 Å². The SMILES string of the molecule is CCCCCC(CC(=O)Nc1cc(C(O[Si](C)C)C(C)(C)C)ccc1C(C)(C)C)c1ccc(OC)cc1OC. The van der Waals surface area contributed by atoms with Crippen LogP contribution >= 0.6 is 0 Å². The van der Waals surface area contributed by atoms with Crippen molar-refractivity contribution < 1.29 is 18.7 Å². The summed E-state index contributed by atoms with van der Waals surface area (Å²) in [6.07, 6.45) is 4.60. The number of carbonyl (C=O) groups excluding carboxylic acids is 1. The van der Waals surface area contributed by atoms with Crippen LogP contribution in [0.25, 0.3) is 0 Å². The maximum absolute atomic E-state index is 13.7. The highest BCUT2D eigenvalue weighted by molar-refractivity contribution is 6.48. The maximum atomic E-state index is 13.7. The van der Waals surface area contributed by atoms with Gasteiger partial charge < -0.3 is 19.2 Å². The third kappa shape index (κ3) is 9.68. The first-order valence-electron chi connectivity index (χ1n) is 14.3. The summed E-state index contributed by atoms with van der Waals surface area (Å²) in [5.74, 6) is 1.58. The smallest absolute Gasteiger partial charge is 0.224 e. The first-order valence-corrected chi connectivity index (χ1v) is 16.7. The Balaban J connectivity index is 2.44. The molecule has 0 fully saturated rings. The second-order valence-electron chi connectivity index (χ2n) is 12.9. The van der Waals surface area contributed by atoms with Gasteiger partial charge in [-0.25, -0.2) is 0 Å². The molecule has 2 unspecified atom stereocenters. The molecular weight excluding hydrogens is 502 g/mol. The molecule has 0 bridgehead atoms. The molecule has 0 aliphatic carbocycles. The van der Waals surface area contributed by atoms with Crippen LogP contribution in [0, 0.1) is 5.41 Å². The van der Waals surface area contributed by atoms with Crippen LogP contribution in [-0.2, 0) is 14.6 Å². The van der Waals surface area contributed by atoms with Crippen molar-refractivity contribution in [3.8, 4) is 11.5 Å². The molecule has 5 nitrogen and oxygen atoms in total. The fourth-order valence-corrected chi connectivity index (χ4v) is 6.01. The highest BCUT2D eigenvalue weighted by Gasteiger charge is 2.30. The minimum absolute atomic E-state index is 0.0148. The Kier molecular flexibility index (Phi) is 12.1. The van der Waals surface area contributed by atoms with Gasteiger partial charge in [-0.3, -0.25) is 4.79 Å². The third-order valence-corrected chi connectivity index (χ3v) is 7.74.